The van der Waals surface area contributed by atoms with E-state index in [2.05, 4.69) is 0 Å². The highest BCUT2D eigenvalue weighted by atomic mass is 32.2. The summed E-state index contributed by atoms with van der Waals surface area (Å²) in [6.45, 7) is 1.72. The monoisotopic (exact) mass is 376 g/mol. The number of nitrogens with zero attached hydrogens (tertiary/aromatic N) is 2. The van der Waals surface area contributed by atoms with Gasteiger partial charge in [-0.05, 0) is 43.9 Å². The molecular formula is C17H23F3N2O2S. The minimum absolute atomic E-state index is 0.106. The lowest BCUT2D eigenvalue weighted by Gasteiger charge is -2.37. The van der Waals surface area contributed by atoms with Crippen LogP contribution in [0.15, 0.2) is 24.3 Å². The average Bonchev–Trinajstić information content (AvgIpc) is 3.39. The molecule has 0 radical (unpaired) electrons. The molecule has 1 aromatic carbocycles. The summed E-state index contributed by atoms with van der Waals surface area (Å²) < 4.78 is 64.8. The Morgan fingerprint density at radius 3 is 2.60 bits per heavy atom. The van der Waals surface area contributed by atoms with Gasteiger partial charge < -0.3 is 0 Å². The van der Waals surface area contributed by atoms with Crippen molar-refractivity contribution >= 4 is 10.0 Å². The molecule has 1 aliphatic carbocycles. The zero-order valence-electron chi connectivity index (χ0n) is 14.2. The van der Waals surface area contributed by atoms with Crippen LogP contribution in [0.25, 0.3) is 0 Å². The normalized spacial score (nSPS) is 23.2. The molecule has 1 heterocycles. The van der Waals surface area contributed by atoms with Gasteiger partial charge in [0.25, 0.3) is 0 Å². The van der Waals surface area contributed by atoms with Crippen LogP contribution in [0.5, 0.6) is 0 Å². The number of hydrogen-bond acceptors (Lipinski definition) is 3. The maximum absolute atomic E-state index is 12.8. The summed E-state index contributed by atoms with van der Waals surface area (Å²) in [5.74, 6) is 0. The maximum Gasteiger partial charge on any atom is 0.416 e. The second-order valence-electron chi connectivity index (χ2n) is 6.99. The van der Waals surface area contributed by atoms with Crippen LogP contribution in [0.4, 0.5) is 13.2 Å². The molecule has 4 nitrogen and oxygen atoms in total. The lowest BCUT2D eigenvalue weighted by atomic mass is 10.0. The lowest BCUT2D eigenvalue weighted by Crippen LogP contribution is -2.49. The van der Waals surface area contributed by atoms with E-state index in [1.165, 1.54) is 16.4 Å². The van der Waals surface area contributed by atoms with Crippen molar-refractivity contribution in [1.82, 2.24) is 9.21 Å². The van der Waals surface area contributed by atoms with Crippen molar-refractivity contribution < 1.29 is 21.6 Å². The van der Waals surface area contributed by atoms with Gasteiger partial charge in [-0.3, -0.25) is 4.90 Å². The predicted octanol–water partition coefficient (Wildman–Crippen LogP) is 3.09. The Hall–Kier alpha value is -1.12. The first kappa shape index (κ1) is 18.7. The van der Waals surface area contributed by atoms with Gasteiger partial charge in [0.2, 0.25) is 10.0 Å². The van der Waals surface area contributed by atoms with E-state index in [4.69, 9.17) is 0 Å². The third-order valence-electron chi connectivity index (χ3n) is 5.00. The number of sulfonamides is 1. The van der Waals surface area contributed by atoms with Gasteiger partial charge in [0.1, 0.15) is 0 Å². The van der Waals surface area contributed by atoms with Gasteiger partial charge in [0, 0.05) is 26.2 Å². The second-order valence-corrected chi connectivity index (χ2v) is 9.26. The first-order valence-electron chi connectivity index (χ1n) is 8.53. The van der Waals surface area contributed by atoms with E-state index in [9.17, 15) is 21.6 Å². The summed E-state index contributed by atoms with van der Waals surface area (Å²) in [5, 5.41) is -0.239. The van der Waals surface area contributed by atoms with E-state index in [0.717, 1.165) is 38.3 Å². The summed E-state index contributed by atoms with van der Waals surface area (Å²) in [5.41, 5.74) is -0.0461. The van der Waals surface area contributed by atoms with Gasteiger partial charge in [-0.25, -0.2) is 12.7 Å². The fourth-order valence-electron chi connectivity index (χ4n) is 3.38. The SMILES string of the molecule is CN(C1CCCN(Cc2cccc(C(F)(F)F)c2)C1)S(=O)(=O)C1CC1. The molecule has 0 aromatic heterocycles. The maximum atomic E-state index is 12.8. The third-order valence-corrected chi connectivity index (χ3v) is 7.42. The van der Waals surface area contributed by atoms with Crippen molar-refractivity contribution in [3.8, 4) is 0 Å². The molecule has 0 bridgehead atoms. The molecule has 0 spiro atoms. The largest absolute Gasteiger partial charge is 0.416 e. The number of hydrogen-bond donors (Lipinski definition) is 0. The summed E-state index contributed by atoms with van der Waals surface area (Å²) in [6.07, 6.45) is -1.25. The Bertz CT molecular complexity index is 717. The van der Waals surface area contributed by atoms with E-state index in [1.807, 2.05) is 4.90 Å². The van der Waals surface area contributed by atoms with Gasteiger partial charge in [0.05, 0.1) is 10.8 Å². The Balaban J connectivity index is 1.66. The Morgan fingerprint density at radius 1 is 1.24 bits per heavy atom. The van der Waals surface area contributed by atoms with Crippen LogP contribution in [-0.4, -0.2) is 49.1 Å². The second kappa shape index (κ2) is 6.89. The molecule has 1 aromatic rings. The van der Waals surface area contributed by atoms with Crippen LogP contribution in [0.3, 0.4) is 0 Å². The number of benzene rings is 1. The van der Waals surface area contributed by atoms with E-state index >= 15 is 0 Å². The number of rotatable bonds is 5. The molecule has 25 heavy (non-hydrogen) atoms. The van der Waals surface area contributed by atoms with Crippen molar-refractivity contribution in [2.75, 3.05) is 20.1 Å². The minimum Gasteiger partial charge on any atom is -0.297 e. The zero-order chi connectivity index (χ0) is 18.2. The van der Waals surface area contributed by atoms with Crippen LogP contribution >= 0.6 is 0 Å². The number of halogens is 3. The number of alkyl halides is 3. The molecule has 1 atom stereocenters. The van der Waals surface area contributed by atoms with E-state index < -0.39 is 21.8 Å². The summed E-state index contributed by atoms with van der Waals surface area (Å²) in [4.78, 5) is 2.04. The summed E-state index contributed by atoms with van der Waals surface area (Å²) in [6, 6.07) is 5.24. The van der Waals surface area contributed by atoms with Crippen LogP contribution in [0.1, 0.15) is 36.8 Å². The van der Waals surface area contributed by atoms with Gasteiger partial charge in [0.15, 0.2) is 0 Å². The van der Waals surface area contributed by atoms with E-state index in [-0.39, 0.29) is 11.3 Å². The number of likely N-dealkylation sites (tertiary alicyclic amines) is 1. The molecular weight excluding hydrogens is 353 g/mol. The van der Waals surface area contributed by atoms with Gasteiger partial charge in [-0.1, -0.05) is 18.2 Å². The molecule has 1 saturated heterocycles. The fraction of sp³-hybridized carbons (Fsp3) is 0.647. The molecule has 140 valence electrons. The van der Waals surface area contributed by atoms with Crippen LogP contribution in [-0.2, 0) is 22.7 Å². The quantitative estimate of drug-likeness (QED) is 0.793. The summed E-state index contributed by atoms with van der Waals surface area (Å²) >= 11 is 0. The molecule has 2 aliphatic rings. The Kier molecular flexibility index (Phi) is 5.14. The highest BCUT2D eigenvalue weighted by Crippen LogP contribution is 2.33. The predicted molar refractivity (Wildman–Crippen MR) is 89.4 cm³/mol. The number of likely N-dealkylation sites (N-methyl/N-ethyl adjacent to an activating group) is 1. The lowest BCUT2D eigenvalue weighted by molar-refractivity contribution is -0.137. The van der Waals surface area contributed by atoms with Gasteiger partial charge >= 0.3 is 6.18 Å². The zero-order valence-corrected chi connectivity index (χ0v) is 15.0. The fourth-order valence-corrected chi connectivity index (χ4v) is 5.17. The smallest absolute Gasteiger partial charge is 0.297 e. The molecule has 1 aliphatic heterocycles. The standard InChI is InChI=1S/C17H23F3N2O2S/c1-21(25(23,24)16-7-8-16)15-6-3-9-22(12-15)11-13-4-2-5-14(10-13)17(18,19)20/h2,4-5,10,15-16H,3,6-9,11-12H2,1H3. The minimum atomic E-state index is -4.35. The molecule has 8 heteroatoms. The summed E-state index contributed by atoms with van der Waals surface area (Å²) in [7, 11) is -1.60. The van der Waals surface area contributed by atoms with E-state index in [0.29, 0.717) is 18.7 Å². The van der Waals surface area contributed by atoms with Crippen LogP contribution in [0.2, 0.25) is 0 Å². The third kappa shape index (κ3) is 4.35. The van der Waals surface area contributed by atoms with Crippen LogP contribution in [0, 0.1) is 0 Å². The van der Waals surface area contributed by atoms with Crippen LogP contribution < -0.4 is 0 Å². The molecule has 0 amide bonds. The highest BCUT2D eigenvalue weighted by Gasteiger charge is 2.41. The highest BCUT2D eigenvalue weighted by molar-refractivity contribution is 7.90. The Morgan fingerprint density at radius 2 is 1.96 bits per heavy atom. The van der Waals surface area contributed by atoms with Crippen molar-refractivity contribution in [3.05, 3.63) is 35.4 Å². The van der Waals surface area contributed by atoms with Gasteiger partial charge in [-0.2, -0.15) is 13.2 Å². The van der Waals surface area contributed by atoms with Crippen molar-refractivity contribution in [3.63, 3.8) is 0 Å². The molecule has 1 saturated carbocycles. The first-order valence-corrected chi connectivity index (χ1v) is 10.0. The van der Waals surface area contributed by atoms with Crippen molar-refractivity contribution in [2.24, 2.45) is 0 Å². The average molecular weight is 376 g/mol. The number of piperidine rings is 1. The van der Waals surface area contributed by atoms with Gasteiger partial charge in [-0.15, -0.1) is 0 Å². The molecule has 3 rings (SSSR count). The van der Waals surface area contributed by atoms with Crippen molar-refractivity contribution in [1.29, 1.82) is 0 Å². The topological polar surface area (TPSA) is 40.6 Å². The first-order chi connectivity index (χ1) is 11.7. The van der Waals surface area contributed by atoms with Crippen molar-refractivity contribution in [2.45, 2.75) is 49.7 Å². The molecule has 1 unspecified atom stereocenters. The molecule has 0 N–H and O–H groups in total. The molecule has 2 fully saturated rings. The van der Waals surface area contributed by atoms with E-state index in [1.54, 1.807) is 13.1 Å². The Labute approximate surface area is 146 Å².